The summed E-state index contributed by atoms with van der Waals surface area (Å²) >= 11 is 7.32. The molecule has 0 fully saturated rings. The number of fused-ring (bicyclic) bond motifs is 1. The van der Waals surface area contributed by atoms with E-state index in [9.17, 15) is 4.79 Å². The molecule has 5 nitrogen and oxygen atoms in total. The van der Waals surface area contributed by atoms with Crippen LogP contribution in [0.4, 0.5) is 0 Å². The van der Waals surface area contributed by atoms with Crippen molar-refractivity contribution in [2.24, 2.45) is 0 Å². The molecule has 1 atom stereocenters. The van der Waals surface area contributed by atoms with Crippen molar-refractivity contribution in [2.45, 2.75) is 77.5 Å². The number of rotatable bonds is 6. The molecule has 3 rings (SSSR count). The molecule has 2 heterocycles. The summed E-state index contributed by atoms with van der Waals surface area (Å²) in [4.78, 5) is 18.0. The average molecular weight is 569 g/mol. The fourth-order valence-electron chi connectivity index (χ4n) is 3.84. The molecule has 0 saturated heterocycles. The molecule has 0 unspecified atom stereocenters. The zero-order valence-electron chi connectivity index (χ0n) is 19.6. The number of pyridine rings is 1. The van der Waals surface area contributed by atoms with Crippen LogP contribution in [0.5, 0.6) is 5.75 Å². The summed E-state index contributed by atoms with van der Waals surface area (Å²) in [5, 5.41) is 0.580. The topological polar surface area (TPSA) is 57.7 Å². The predicted octanol–water partition coefficient (Wildman–Crippen LogP) is 6.85. The number of carbonyl (C=O) groups excluding carboxylic acids is 1. The van der Waals surface area contributed by atoms with Gasteiger partial charge in [-0.2, -0.15) is 0 Å². The number of nitrogens with zero attached hydrogens (tertiary/aromatic N) is 1. The first kappa shape index (κ1) is 25.2. The number of hydrogen-bond acceptors (Lipinski definition) is 5. The fraction of sp³-hybridized carbons (Fsp3) is 0.520. The molecule has 32 heavy (non-hydrogen) atoms. The third-order valence-electron chi connectivity index (χ3n) is 5.06. The molecule has 0 amide bonds. The number of alkyl halides is 1. The van der Waals surface area contributed by atoms with Gasteiger partial charge < -0.3 is 14.2 Å². The maximum atomic E-state index is 13.2. The van der Waals surface area contributed by atoms with E-state index in [0.29, 0.717) is 5.33 Å². The summed E-state index contributed by atoms with van der Waals surface area (Å²) in [5.74, 6) is 0.506. The van der Waals surface area contributed by atoms with Gasteiger partial charge in [0, 0.05) is 26.6 Å². The minimum atomic E-state index is -0.909. The first-order chi connectivity index (χ1) is 15.0. The Labute approximate surface area is 207 Å². The van der Waals surface area contributed by atoms with Crippen molar-refractivity contribution in [1.29, 1.82) is 0 Å². The maximum Gasteiger partial charge on any atom is 0.340 e. The summed E-state index contributed by atoms with van der Waals surface area (Å²) in [6.45, 7) is 12.1. The summed E-state index contributed by atoms with van der Waals surface area (Å²) < 4.78 is 18.6. The van der Waals surface area contributed by atoms with E-state index >= 15 is 0 Å². The van der Waals surface area contributed by atoms with Crippen molar-refractivity contribution in [3.63, 3.8) is 0 Å². The Morgan fingerprint density at radius 3 is 2.62 bits per heavy atom. The molecule has 1 aromatic carbocycles. The number of aromatic nitrogens is 1. The van der Waals surface area contributed by atoms with Gasteiger partial charge in [-0.3, -0.25) is 4.98 Å². The van der Waals surface area contributed by atoms with Crippen molar-refractivity contribution in [2.75, 3.05) is 6.61 Å². The van der Waals surface area contributed by atoms with E-state index in [0.717, 1.165) is 57.7 Å². The first-order valence-corrected chi connectivity index (χ1v) is 12.8. The molecule has 0 radical (unpaired) electrons. The maximum absolute atomic E-state index is 13.2. The number of carbonyl (C=O) groups is 1. The summed E-state index contributed by atoms with van der Waals surface area (Å²) in [6.07, 6.45) is 0.787. The molecule has 0 N–H and O–H groups in total. The highest BCUT2D eigenvalue weighted by Crippen LogP contribution is 2.43. The molecule has 1 aliphatic rings. The van der Waals surface area contributed by atoms with Gasteiger partial charge in [0.05, 0.1) is 24.0 Å². The molecule has 7 heteroatoms. The molecule has 0 spiro atoms. The minimum absolute atomic E-state index is 0.253. The second-order valence-electron chi connectivity index (χ2n) is 9.25. The van der Waals surface area contributed by atoms with Crippen LogP contribution >= 0.6 is 31.9 Å². The van der Waals surface area contributed by atoms with Crippen LogP contribution in [0.25, 0.3) is 11.1 Å². The van der Waals surface area contributed by atoms with E-state index in [2.05, 4.69) is 37.9 Å². The molecule has 1 aromatic heterocycles. The molecule has 0 bridgehead atoms. The molecule has 0 aliphatic carbocycles. The molecule has 0 saturated carbocycles. The summed E-state index contributed by atoms with van der Waals surface area (Å²) in [5.41, 5.74) is 4.81. The second-order valence-corrected chi connectivity index (χ2v) is 10.6. The highest BCUT2D eigenvalue weighted by atomic mass is 79.9. The lowest BCUT2D eigenvalue weighted by molar-refractivity contribution is -0.171. The van der Waals surface area contributed by atoms with Gasteiger partial charge in [-0.15, -0.1) is 0 Å². The van der Waals surface area contributed by atoms with Gasteiger partial charge >= 0.3 is 5.97 Å². The Balaban J connectivity index is 2.26. The fourth-order valence-corrected chi connectivity index (χ4v) is 5.29. The quantitative estimate of drug-likeness (QED) is 0.282. The Morgan fingerprint density at radius 2 is 2.00 bits per heavy atom. The highest BCUT2D eigenvalue weighted by molar-refractivity contribution is 9.11. The van der Waals surface area contributed by atoms with Crippen molar-refractivity contribution in [3.05, 3.63) is 45.2 Å². The average Bonchev–Trinajstić information content (AvgIpc) is 2.71. The lowest BCUT2D eigenvalue weighted by Crippen LogP contribution is -2.31. The van der Waals surface area contributed by atoms with Crippen LogP contribution in [0.2, 0.25) is 0 Å². The van der Waals surface area contributed by atoms with E-state index in [1.165, 1.54) is 5.56 Å². The lowest BCUT2D eigenvalue weighted by Gasteiger charge is -2.30. The van der Waals surface area contributed by atoms with Gasteiger partial charge in [0.25, 0.3) is 0 Å². The number of aryl methyl sites for hydroxylation is 2. The Bertz CT molecular complexity index is 998. The Hall–Kier alpha value is -1.44. The van der Waals surface area contributed by atoms with Crippen molar-refractivity contribution < 1.29 is 19.0 Å². The summed E-state index contributed by atoms with van der Waals surface area (Å²) in [6, 6.07) is 6.19. The Morgan fingerprint density at radius 1 is 1.28 bits per heavy atom. The number of esters is 1. The van der Waals surface area contributed by atoms with Crippen molar-refractivity contribution in [3.8, 4) is 16.9 Å². The van der Waals surface area contributed by atoms with Gasteiger partial charge in [0.1, 0.15) is 5.75 Å². The molecular formula is C25H31Br2NO4. The third kappa shape index (κ3) is 5.72. The van der Waals surface area contributed by atoms with E-state index < -0.39 is 17.7 Å². The highest BCUT2D eigenvalue weighted by Gasteiger charge is 2.34. The zero-order valence-corrected chi connectivity index (χ0v) is 22.7. The monoisotopic (exact) mass is 567 g/mol. The SMILES string of the molecule is Cc1nc(CBr)c(Br)c(-c2ccc3c(c2)CCCO3)c1[C@H](OC(C)(C)C)C(=O)OC(C)C. The standard InChI is InChI=1S/C25H31Br2NO4/c1-14(2)31-24(29)23(32-25(4,5)6)20-15(3)28-18(13-26)22(27)21(20)17-9-10-19-16(12-17)8-7-11-30-19/h9-10,12,14,23H,7-8,11,13H2,1-6H3/t23-/m0/s1. The van der Waals surface area contributed by atoms with Gasteiger partial charge in [0.2, 0.25) is 0 Å². The van der Waals surface area contributed by atoms with E-state index in [1.807, 2.05) is 53.7 Å². The van der Waals surface area contributed by atoms with Gasteiger partial charge in [-0.1, -0.05) is 22.0 Å². The van der Waals surface area contributed by atoms with Crippen LogP contribution in [0.1, 0.15) is 69.7 Å². The number of hydrogen-bond donors (Lipinski definition) is 0. The third-order valence-corrected chi connectivity index (χ3v) is 6.44. The largest absolute Gasteiger partial charge is 0.493 e. The number of ether oxygens (including phenoxy) is 3. The van der Waals surface area contributed by atoms with Crippen molar-refractivity contribution in [1.82, 2.24) is 4.98 Å². The molecule has 174 valence electrons. The van der Waals surface area contributed by atoms with Gasteiger partial charge in [-0.25, -0.2) is 4.79 Å². The predicted molar refractivity (Wildman–Crippen MR) is 133 cm³/mol. The van der Waals surface area contributed by atoms with Gasteiger partial charge in [-0.05, 0) is 93.6 Å². The van der Waals surface area contributed by atoms with Crippen LogP contribution < -0.4 is 4.74 Å². The molecule has 1 aliphatic heterocycles. The molecular weight excluding hydrogens is 538 g/mol. The van der Waals surface area contributed by atoms with Gasteiger partial charge in [0.15, 0.2) is 6.10 Å². The molecule has 2 aromatic rings. The zero-order chi connectivity index (χ0) is 23.6. The number of halogens is 2. The van der Waals surface area contributed by atoms with Crippen LogP contribution in [-0.4, -0.2) is 29.3 Å². The van der Waals surface area contributed by atoms with E-state index in [-0.39, 0.29) is 6.10 Å². The van der Waals surface area contributed by atoms with Crippen LogP contribution in [0.15, 0.2) is 22.7 Å². The van der Waals surface area contributed by atoms with Crippen LogP contribution in [-0.2, 0) is 26.0 Å². The Kier molecular flexibility index (Phi) is 8.05. The first-order valence-electron chi connectivity index (χ1n) is 10.9. The van der Waals surface area contributed by atoms with Crippen molar-refractivity contribution >= 4 is 37.8 Å². The second kappa shape index (κ2) is 10.2. The minimum Gasteiger partial charge on any atom is -0.493 e. The van der Waals surface area contributed by atoms with Crippen LogP contribution in [0, 0.1) is 6.92 Å². The van der Waals surface area contributed by atoms with E-state index in [4.69, 9.17) is 19.2 Å². The van der Waals surface area contributed by atoms with Crippen LogP contribution in [0.3, 0.4) is 0 Å². The lowest BCUT2D eigenvalue weighted by atomic mass is 9.91. The smallest absolute Gasteiger partial charge is 0.340 e. The normalized spacial score (nSPS) is 14.7. The summed E-state index contributed by atoms with van der Waals surface area (Å²) in [7, 11) is 0. The number of benzene rings is 1. The van der Waals surface area contributed by atoms with E-state index in [1.54, 1.807) is 0 Å².